The lowest BCUT2D eigenvalue weighted by Crippen LogP contribution is -2.66. The smallest absolute Gasteiger partial charge is 0.303 e. The molecule has 172 valence electrons. The maximum Gasteiger partial charge on any atom is 0.303 e. The molecule has 0 spiro atoms. The van der Waals surface area contributed by atoms with Crippen molar-refractivity contribution in [2.45, 2.75) is 96.6 Å². The van der Waals surface area contributed by atoms with Crippen molar-refractivity contribution in [1.82, 2.24) is 0 Å². The summed E-state index contributed by atoms with van der Waals surface area (Å²) in [5.74, 6) is -3.08. The van der Waals surface area contributed by atoms with Crippen LogP contribution >= 0.6 is 0 Å². The molecule has 0 amide bonds. The van der Waals surface area contributed by atoms with Crippen molar-refractivity contribution in [2.75, 3.05) is 0 Å². The topological polar surface area (TPSA) is 118 Å². The number of fused-ring (bicyclic) bond motifs is 5. The van der Waals surface area contributed by atoms with E-state index in [1.54, 1.807) is 0 Å². The van der Waals surface area contributed by atoms with Crippen molar-refractivity contribution in [3.05, 3.63) is 0 Å². The van der Waals surface area contributed by atoms with Gasteiger partial charge in [-0.05, 0) is 91.3 Å². The molecule has 4 aliphatic rings. The highest BCUT2D eigenvalue weighted by atomic mass is 16.6. The minimum atomic E-state index is -2.47. The van der Waals surface area contributed by atoms with Crippen molar-refractivity contribution in [3.63, 3.8) is 0 Å². The maximum absolute atomic E-state index is 11.1. The van der Waals surface area contributed by atoms with Crippen LogP contribution in [-0.2, 0) is 4.79 Å². The Kier molecular flexibility index (Phi) is 5.37. The lowest BCUT2D eigenvalue weighted by Gasteiger charge is -2.63. The van der Waals surface area contributed by atoms with E-state index in [1.807, 2.05) is 0 Å². The molecule has 4 saturated carbocycles. The summed E-state index contributed by atoms with van der Waals surface area (Å²) in [6.07, 6.45) is 7.45. The van der Waals surface area contributed by atoms with Gasteiger partial charge >= 0.3 is 5.97 Å². The van der Waals surface area contributed by atoms with E-state index in [4.69, 9.17) is 5.11 Å². The molecule has 6 nitrogen and oxygen atoms in total. The van der Waals surface area contributed by atoms with Crippen LogP contribution < -0.4 is 0 Å². The zero-order valence-corrected chi connectivity index (χ0v) is 18.7. The van der Waals surface area contributed by atoms with Crippen LogP contribution in [0.4, 0.5) is 0 Å². The van der Waals surface area contributed by atoms with Crippen LogP contribution in [0.5, 0.6) is 0 Å². The Morgan fingerprint density at radius 2 is 1.60 bits per heavy atom. The summed E-state index contributed by atoms with van der Waals surface area (Å²) in [4.78, 5) is 11.1. The fourth-order valence-corrected chi connectivity index (χ4v) is 8.85. The number of aliphatic hydroxyl groups is 4. The highest BCUT2D eigenvalue weighted by molar-refractivity contribution is 5.66. The Bertz CT molecular complexity index is 689. The molecule has 0 radical (unpaired) electrons. The van der Waals surface area contributed by atoms with E-state index in [-0.39, 0.29) is 36.0 Å². The third-order valence-corrected chi connectivity index (χ3v) is 10.4. The molecular formula is C24H40O6. The van der Waals surface area contributed by atoms with Gasteiger partial charge in [0.15, 0.2) is 0 Å². The summed E-state index contributed by atoms with van der Waals surface area (Å²) in [5, 5.41) is 50.5. The molecule has 4 fully saturated rings. The van der Waals surface area contributed by atoms with Crippen molar-refractivity contribution in [2.24, 2.45) is 46.3 Å². The van der Waals surface area contributed by atoms with Gasteiger partial charge in [0.05, 0.1) is 0 Å². The second-order valence-corrected chi connectivity index (χ2v) is 11.8. The molecule has 0 saturated heterocycles. The van der Waals surface area contributed by atoms with E-state index < -0.39 is 17.5 Å². The zero-order valence-electron chi connectivity index (χ0n) is 18.7. The lowest BCUT2D eigenvalue weighted by atomic mass is 9.43. The standard InChI is InChI=1S/C24H40O6/c1-14(4-9-20(25)26)17-7-8-18-16-6-5-15-12-23(27,28)24(29,30)13-22(15,3)19(16)10-11-21(17,18)2/h14-19,27-30H,4-13H2,1-3H3,(H,25,26)/t14-,15?,16+,17-,18+,19+,21-,22+/m1/s1. The Labute approximate surface area is 179 Å². The van der Waals surface area contributed by atoms with Gasteiger partial charge in [0.2, 0.25) is 11.6 Å². The first-order valence-corrected chi connectivity index (χ1v) is 11.9. The number of carboxylic acid groups (broad SMARTS) is 1. The number of carboxylic acids is 1. The minimum Gasteiger partial charge on any atom is -0.481 e. The monoisotopic (exact) mass is 424 g/mol. The molecule has 0 bridgehead atoms. The largest absolute Gasteiger partial charge is 0.481 e. The van der Waals surface area contributed by atoms with E-state index in [0.29, 0.717) is 29.6 Å². The van der Waals surface area contributed by atoms with Crippen molar-refractivity contribution >= 4 is 5.97 Å². The molecule has 0 aliphatic heterocycles. The summed E-state index contributed by atoms with van der Waals surface area (Å²) in [7, 11) is 0. The van der Waals surface area contributed by atoms with Gasteiger partial charge in [0.1, 0.15) is 0 Å². The number of hydrogen-bond donors (Lipinski definition) is 5. The van der Waals surface area contributed by atoms with Gasteiger partial charge in [-0.3, -0.25) is 4.79 Å². The molecule has 0 aromatic rings. The van der Waals surface area contributed by atoms with Crippen LogP contribution in [-0.4, -0.2) is 43.1 Å². The van der Waals surface area contributed by atoms with Gasteiger partial charge in [-0.2, -0.15) is 0 Å². The Morgan fingerprint density at radius 1 is 0.933 bits per heavy atom. The van der Waals surface area contributed by atoms with Gasteiger partial charge in [-0.15, -0.1) is 0 Å². The van der Waals surface area contributed by atoms with Gasteiger partial charge in [0, 0.05) is 19.3 Å². The normalized spacial score (nSPS) is 47.6. The van der Waals surface area contributed by atoms with Gasteiger partial charge in [0.25, 0.3) is 0 Å². The predicted molar refractivity (Wildman–Crippen MR) is 111 cm³/mol. The van der Waals surface area contributed by atoms with Crippen LogP contribution in [0.25, 0.3) is 0 Å². The molecule has 5 N–H and O–H groups in total. The van der Waals surface area contributed by atoms with E-state index in [0.717, 1.165) is 38.5 Å². The van der Waals surface area contributed by atoms with Crippen LogP contribution in [0.3, 0.4) is 0 Å². The molecule has 6 heteroatoms. The zero-order chi connectivity index (χ0) is 22.1. The molecule has 4 aliphatic carbocycles. The quantitative estimate of drug-likeness (QED) is 0.443. The number of carbonyl (C=O) groups is 1. The fourth-order valence-electron chi connectivity index (χ4n) is 8.85. The Balaban J connectivity index is 1.55. The second-order valence-electron chi connectivity index (χ2n) is 11.8. The molecule has 1 unspecified atom stereocenters. The molecule has 0 aromatic heterocycles. The van der Waals surface area contributed by atoms with Crippen molar-refractivity contribution < 1.29 is 30.3 Å². The number of aliphatic carboxylic acids is 1. The van der Waals surface area contributed by atoms with Crippen LogP contribution in [0, 0.1) is 46.3 Å². The van der Waals surface area contributed by atoms with E-state index >= 15 is 0 Å². The van der Waals surface area contributed by atoms with Gasteiger partial charge in [-0.25, -0.2) is 0 Å². The number of hydrogen-bond acceptors (Lipinski definition) is 5. The molecule has 30 heavy (non-hydrogen) atoms. The highest BCUT2D eigenvalue weighted by Gasteiger charge is 2.66. The molecule has 8 atom stereocenters. The lowest BCUT2D eigenvalue weighted by molar-refractivity contribution is -0.398. The fraction of sp³-hybridized carbons (Fsp3) is 0.958. The average Bonchev–Trinajstić information content (AvgIpc) is 2.98. The maximum atomic E-state index is 11.1. The summed E-state index contributed by atoms with van der Waals surface area (Å²) in [6.45, 7) is 6.79. The Hall–Kier alpha value is -0.690. The summed E-state index contributed by atoms with van der Waals surface area (Å²) < 4.78 is 0. The molecule has 0 heterocycles. The minimum absolute atomic E-state index is 0.0146. The first-order chi connectivity index (χ1) is 13.8. The van der Waals surface area contributed by atoms with Crippen molar-refractivity contribution in [1.29, 1.82) is 0 Å². The second kappa shape index (κ2) is 7.16. The van der Waals surface area contributed by atoms with Gasteiger partial charge < -0.3 is 25.5 Å². The molecule has 0 aromatic carbocycles. The first kappa shape index (κ1) is 22.5. The third kappa shape index (κ3) is 3.25. The number of rotatable bonds is 4. The Morgan fingerprint density at radius 3 is 2.27 bits per heavy atom. The summed E-state index contributed by atoms with van der Waals surface area (Å²) >= 11 is 0. The van der Waals surface area contributed by atoms with Crippen LogP contribution in [0.2, 0.25) is 0 Å². The van der Waals surface area contributed by atoms with E-state index in [9.17, 15) is 25.2 Å². The molecular weight excluding hydrogens is 384 g/mol. The average molecular weight is 425 g/mol. The predicted octanol–water partition coefficient (Wildman–Crippen LogP) is 3.12. The SMILES string of the molecule is C[C@H](CCC(=O)O)[C@H]1CC[C@H]2[C@@H]3CCC4CC(O)(O)C(O)(O)C[C@]4(C)[C@H]3CC[C@]12C. The molecule has 4 rings (SSSR count). The highest BCUT2D eigenvalue weighted by Crippen LogP contribution is 2.69. The summed E-state index contributed by atoms with van der Waals surface area (Å²) in [6, 6.07) is 0. The summed E-state index contributed by atoms with van der Waals surface area (Å²) in [5.41, 5.74) is -0.0695. The first-order valence-electron chi connectivity index (χ1n) is 11.9. The van der Waals surface area contributed by atoms with E-state index in [1.165, 1.54) is 6.42 Å². The van der Waals surface area contributed by atoms with Crippen LogP contribution in [0.15, 0.2) is 0 Å². The third-order valence-electron chi connectivity index (χ3n) is 10.4. The van der Waals surface area contributed by atoms with Gasteiger partial charge in [-0.1, -0.05) is 20.8 Å². The van der Waals surface area contributed by atoms with Crippen LogP contribution in [0.1, 0.15) is 85.0 Å². The van der Waals surface area contributed by atoms with E-state index in [2.05, 4.69) is 20.8 Å². The van der Waals surface area contributed by atoms with Crippen molar-refractivity contribution in [3.8, 4) is 0 Å².